The number of Topliss-reactive ketones (excluding diaryl/α,β-unsaturated/α-hetero) is 1. The highest BCUT2D eigenvalue weighted by Gasteiger charge is 2.40. The zero-order valence-electron chi connectivity index (χ0n) is 15.1. The third-order valence-corrected chi connectivity index (χ3v) is 5.23. The third kappa shape index (κ3) is 2.56. The van der Waals surface area contributed by atoms with E-state index < -0.39 is 17.9 Å². The Morgan fingerprint density at radius 3 is 2.22 bits per heavy atom. The predicted octanol–water partition coefficient (Wildman–Crippen LogP) is 2.46. The van der Waals surface area contributed by atoms with Crippen molar-refractivity contribution in [3.8, 4) is 0 Å². The standard InChI is InChI=1S/C21H18N2O4/c1-12(23-20(26)16-5-3-4-6-17(16)21(23)27)19(25)15-7-8-18-14(11-15)9-10-22(18)13(2)24/h3-8,11-12H,9-10H2,1-2H3. The third-order valence-electron chi connectivity index (χ3n) is 5.23. The lowest BCUT2D eigenvalue weighted by Gasteiger charge is -2.22. The van der Waals surface area contributed by atoms with Gasteiger partial charge in [-0.25, -0.2) is 0 Å². The van der Waals surface area contributed by atoms with Gasteiger partial charge >= 0.3 is 0 Å². The van der Waals surface area contributed by atoms with Crippen LogP contribution in [0, 0.1) is 0 Å². The second kappa shape index (κ2) is 6.16. The fraction of sp³-hybridized carbons (Fsp3) is 0.238. The Morgan fingerprint density at radius 2 is 1.63 bits per heavy atom. The summed E-state index contributed by atoms with van der Waals surface area (Å²) in [5.74, 6) is -1.22. The molecule has 0 aliphatic carbocycles. The van der Waals surface area contributed by atoms with E-state index in [0.29, 0.717) is 29.7 Å². The Morgan fingerprint density at radius 1 is 1.00 bits per heavy atom. The van der Waals surface area contributed by atoms with E-state index in [1.54, 1.807) is 54.3 Å². The lowest BCUT2D eigenvalue weighted by atomic mass is 10.0. The number of anilines is 1. The summed E-state index contributed by atoms with van der Waals surface area (Å²) in [7, 11) is 0. The predicted molar refractivity (Wildman–Crippen MR) is 98.9 cm³/mol. The molecule has 0 saturated carbocycles. The number of rotatable bonds is 3. The molecule has 2 aliphatic rings. The maximum atomic E-state index is 13.0. The first-order valence-corrected chi connectivity index (χ1v) is 8.82. The van der Waals surface area contributed by atoms with Gasteiger partial charge < -0.3 is 4.90 Å². The highest BCUT2D eigenvalue weighted by molar-refractivity contribution is 6.23. The van der Waals surface area contributed by atoms with Crippen molar-refractivity contribution < 1.29 is 19.2 Å². The van der Waals surface area contributed by atoms with E-state index >= 15 is 0 Å². The molecule has 2 heterocycles. The van der Waals surface area contributed by atoms with Crippen LogP contribution in [0.1, 0.15) is 50.5 Å². The van der Waals surface area contributed by atoms with Gasteiger partial charge in [0.05, 0.1) is 11.1 Å². The fourth-order valence-electron chi connectivity index (χ4n) is 3.80. The van der Waals surface area contributed by atoms with Gasteiger partial charge in [-0.05, 0) is 49.2 Å². The molecule has 2 aliphatic heterocycles. The lowest BCUT2D eigenvalue weighted by molar-refractivity contribution is -0.116. The summed E-state index contributed by atoms with van der Waals surface area (Å²) in [5, 5.41) is 0. The summed E-state index contributed by atoms with van der Waals surface area (Å²) in [6.07, 6.45) is 0.678. The molecule has 6 nitrogen and oxygen atoms in total. The van der Waals surface area contributed by atoms with Gasteiger partial charge in [0.2, 0.25) is 5.91 Å². The van der Waals surface area contributed by atoms with Crippen molar-refractivity contribution in [1.29, 1.82) is 0 Å². The molecule has 27 heavy (non-hydrogen) atoms. The molecule has 0 N–H and O–H groups in total. The topological polar surface area (TPSA) is 74.8 Å². The normalized spacial score (nSPS) is 16.4. The Labute approximate surface area is 156 Å². The molecular formula is C21H18N2O4. The van der Waals surface area contributed by atoms with Gasteiger partial charge in [0, 0.05) is 24.7 Å². The molecule has 3 amide bonds. The first-order chi connectivity index (χ1) is 12.9. The molecule has 0 fully saturated rings. The largest absolute Gasteiger partial charge is 0.312 e. The quantitative estimate of drug-likeness (QED) is 0.621. The van der Waals surface area contributed by atoms with Gasteiger partial charge in [-0.15, -0.1) is 0 Å². The Balaban J connectivity index is 1.62. The molecule has 6 heteroatoms. The zero-order valence-corrected chi connectivity index (χ0v) is 15.1. The molecule has 0 bridgehead atoms. The SMILES string of the molecule is CC(=O)N1CCc2cc(C(=O)C(C)N3C(=O)c4ccccc4C3=O)ccc21. The molecule has 0 aromatic heterocycles. The number of hydrogen-bond acceptors (Lipinski definition) is 4. The van der Waals surface area contributed by atoms with E-state index in [9.17, 15) is 19.2 Å². The molecule has 0 saturated heterocycles. The van der Waals surface area contributed by atoms with Crippen molar-refractivity contribution in [1.82, 2.24) is 4.90 Å². The second-order valence-electron chi connectivity index (χ2n) is 6.83. The number of amides is 3. The summed E-state index contributed by atoms with van der Waals surface area (Å²) in [5.41, 5.74) is 2.82. The number of carbonyl (C=O) groups is 4. The van der Waals surface area contributed by atoms with Crippen LogP contribution in [0.2, 0.25) is 0 Å². The first kappa shape index (κ1) is 17.1. The monoisotopic (exact) mass is 362 g/mol. The Bertz CT molecular complexity index is 976. The molecule has 136 valence electrons. The van der Waals surface area contributed by atoms with Crippen LogP contribution in [-0.4, -0.2) is 41.0 Å². The molecule has 0 radical (unpaired) electrons. The average molecular weight is 362 g/mol. The maximum absolute atomic E-state index is 13.0. The summed E-state index contributed by atoms with van der Waals surface area (Å²) < 4.78 is 0. The average Bonchev–Trinajstić information content (AvgIpc) is 3.20. The van der Waals surface area contributed by atoms with Gasteiger partial charge in [0.15, 0.2) is 5.78 Å². The first-order valence-electron chi connectivity index (χ1n) is 8.82. The smallest absolute Gasteiger partial charge is 0.262 e. The van der Waals surface area contributed by atoms with Gasteiger partial charge in [-0.1, -0.05) is 12.1 Å². The molecule has 2 aromatic rings. The highest BCUT2D eigenvalue weighted by Crippen LogP contribution is 2.30. The van der Waals surface area contributed by atoms with E-state index in [1.807, 2.05) is 0 Å². The van der Waals surface area contributed by atoms with Crippen LogP contribution >= 0.6 is 0 Å². The van der Waals surface area contributed by atoms with Crippen molar-refractivity contribution in [3.05, 3.63) is 64.7 Å². The number of imide groups is 1. The Kier molecular flexibility index (Phi) is 3.91. The number of nitrogens with zero attached hydrogens (tertiary/aromatic N) is 2. The maximum Gasteiger partial charge on any atom is 0.262 e. The van der Waals surface area contributed by atoms with Crippen molar-refractivity contribution in [3.63, 3.8) is 0 Å². The summed E-state index contributed by atoms with van der Waals surface area (Å²) in [4.78, 5) is 52.5. The van der Waals surface area contributed by atoms with Crippen molar-refractivity contribution >= 4 is 29.2 Å². The van der Waals surface area contributed by atoms with E-state index in [1.165, 1.54) is 6.92 Å². The van der Waals surface area contributed by atoms with Crippen molar-refractivity contribution in [2.45, 2.75) is 26.3 Å². The second-order valence-corrected chi connectivity index (χ2v) is 6.83. The molecule has 4 rings (SSSR count). The number of carbonyl (C=O) groups excluding carboxylic acids is 4. The molecular weight excluding hydrogens is 344 g/mol. The van der Waals surface area contributed by atoms with Crippen LogP contribution in [0.3, 0.4) is 0 Å². The van der Waals surface area contributed by atoms with Gasteiger partial charge in [-0.3, -0.25) is 24.1 Å². The number of fused-ring (bicyclic) bond motifs is 2. The zero-order chi connectivity index (χ0) is 19.3. The molecule has 1 unspecified atom stereocenters. The molecule has 0 spiro atoms. The summed E-state index contributed by atoms with van der Waals surface area (Å²) in [6, 6.07) is 10.8. The van der Waals surface area contributed by atoms with E-state index in [2.05, 4.69) is 0 Å². The van der Waals surface area contributed by atoms with Crippen LogP contribution < -0.4 is 4.90 Å². The van der Waals surface area contributed by atoms with Crippen LogP contribution in [0.15, 0.2) is 42.5 Å². The highest BCUT2D eigenvalue weighted by atomic mass is 16.2. The lowest BCUT2D eigenvalue weighted by Crippen LogP contribution is -2.42. The van der Waals surface area contributed by atoms with Crippen LogP contribution in [0.5, 0.6) is 0 Å². The minimum atomic E-state index is -0.902. The van der Waals surface area contributed by atoms with Gasteiger partial charge in [0.1, 0.15) is 6.04 Å². The van der Waals surface area contributed by atoms with Gasteiger partial charge in [0.25, 0.3) is 11.8 Å². The van der Waals surface area contributed by atoms with Crippen LogP contribution in [0.4, 0.5) is 5.69 Å². The summed E-state index contributed by atoms with van der Waals surface area (Å²) in [6.45, 7) is 3.67. The minimum absolute atomic E-state index is 0.0350. The van der Waals surface area contributed by atoms with Crippen LogP contribution in [0.25, 0.3) is 0 Å². The van der Waals surface area contributed by atoms with Crippen molar-refractivity contribution in [2.75, 3.05) is 11.4 Å². The summed E-state index contributed by atoms with van der Waals surface area (Å²) >= 11 is 0. The van der Waals surface area contributed by atoms with E-state index in [0.717, 1.165) is 16.2 Å². The van der Waals surface area contributed by atoms with Crippen LogP contribution in [-0.2, 0) is 11.2 Å². The van der Waals surface area contributed by atoms with Crippen molar-refractivity contribution in [2.24, 2.45) is 0 Å². The minimum Gasteiger partial charge on any atom is -0.312 e. The number of ketones is 1. The number of benzene rings is 2. The Hall–Kier alpha value is -3.28. The van der Waals surface area contributed by atoms with E-state index in [4.69, 9.17) is 0 Å². The molecule has 1 atom stereocenters. The fourth-order valence-corrected chi connectivity index (χ4v) is 3.80. The number of hydrogen-bond donors (Lipinski definition) is 0. The van der Waals surface area contributed by atoms with Gasteiger partial charge in [-0.2, -0.15) is 0 Å². The van der Waals surface area contributed by atoms with E-state index in [-0.39, 0.29) is 11.7 Å². The molecule has 2 aromatic carbocycles.